The molecule has 0 radical (unpaired) electrons. The second-order valence-corrected chi connectivity index (χ2v) is 6.16. The highest BCUT2D eigenvalue weighted by Crippen LogP contribution is 2.35. The first-order chi connectivity index (χ1) is 11.1. The van der Waals surface area contributed by atoms with Crippen molar-refractivity contribution in [3.05, 3.63) is 35.4 Å². The molecule has 6 nitrogen and oxygen atoms in total. The Bertz CT molecular complexity index is 632. The summed E-state index contributed by atoms with van der Waals surface area (Å²) in [5.74, 6) is -0.178. The summed E-state index contributed by atoms with van der Waals surface area (Å²) in [6.07, 6.45) is -0.302. The Morgan fingerprint density at radius 2 is 2.00 bits per heavy atom. The van der Waals surface area contributed by atoms with E-state index in [1.165, 1.54) is 0 Å². The van der Waals surface area contributed by atoms with E-state index in [0.717, 1.165) is 0 Å². The molecular weight excluding hydrogens is 296 g/mol. The highest BCUT2D eigenvalue weighted by atomic mass is 16.5. The Kier molecular flexibility index (Phi) is 4.35. The monoisotopic (exact) mass is 316 g/mol. The van der Waals surface area contributed by atoms with Crippen LogP contribution in [0.3, 0.4) is 0 Å². The van der Waals surface area contributed by atoms with Crippen LogP contribution < -0.4 is 0 Å². The smallest absolute Gasteiger partial charge is 0.255 e. The number of carbonyl (C=O) groups is 1. The number of nitriles is 1. The van der Waals surface area contributed by atoms with Gasteiger partial charge in [0.1, 0.15) is 6.10 Å². The van der Waals surface area contributed by atoms with E-state index in [-0.39, 0.29) is 5.91 Å². The molecule has 2 aliphatic rings. The molecule has 2 saturated heterocycles. The largest absolute Gasteiger partial charge is 0.390 e. The average molecular weight is 316 g/mol. The molecule has 0 unspecified atom stereocenters. The van der Waals surface area contributed by atoms with Crippen molar-refractivity contribution in [2.24, 2.45) is 0 Å². The van der Waals surface area contributed by atoms with E-state index >= 15 is 0 Å². The third-order valence-corrected chi connectivity index (χ3v) is 4.88. The molecule has 23 heavy (non-hydrogen) atoms. The number of amides is 1. The first kappa shape index (κ1) is 15.9. The number of hydrogen-bond donors (Lipinski definition) is 2. The van der Waals surface area contributed by atoms with Crippen molar-refractivity contribution in [1.82, 2.24) is 4.90 Å². The van der Waals surface area contributed by atoms with Crippen LogP contribution in [0.4, 0.5) is 0 Å². The van der Waals surface area contributed by atoms with Crippen LogP contribution >= 0.6 is 0 Å². The number of aliphatic hydroxyl groups excluding tert-OH is 2. The minimum Gasteiger partial charge on any atom is -0.390 e. The maximum absolute atomic E-state index is 12.6. The molecular formula is C17H20N2O4. The number of piperidine rings is 1. The van der Waals surface area contributed by atoms with E-state index in [2.05, 4.69) is 0 Å². The van der Waals surface area contributed by atoms with Crippen LogP contribution in [0.1, 0.15) is 35.2 Å². The van der Waals surface area contributed by atoms with Crippen LogP contribution in [0.25, 0.3) is 0 Å². The molecule has 6 heteroatoms. The van der Waals surface area contributed by atoms with Crippen molar-refractivity contribution in [3.8, 4) is 6.07 Å². The fourth-order valence-electron chi connectivity index (χ4n) is 3.44. The maximum atomic E-state index is 12.6. The number of benzene rings is 1. The van der Waals surface area contributed by atoms with E-state index in [1.54, 1.807) is 29.2 Å². The van der Waals surface area contributed by atoms with Gasteiger partial charge in [0, 0.05) is 13.1 Å². The summed E-state index contributed by atoms with van der Waals surface area (Å²) in [7, 11) is 0. The summed E-state index contributed by atoms with van der Waals surface area (Å²) in [5.41, 5.74) is 0.00155. The Balaban J connectivity index is 1.72. The fraction of sp³-hybridized carbons (Fsp3) is 0.529. The first-order valence-corrected chi connectivity index (χ1v) is 7.86. The molecule has 1 amide bonds. The van der Waals surface area contributed by atoms with Crippen molar-refractivity contribution in [2.45, 2.75) is 37.1 Å². The van der Waals surface area contributed by atoms with Crippen molar-refractivity contribution in [3.63, 3.8) is 0 Å². The summed E-state index contributed by atoms with van der Waals surface area (Å²) >= 11 is 0. The third kappa shape index (κ3) is 2.83. The Morgan fingerprint density at radius 3 is 2.70 bits per heavy atom. The average Bonchev–Trinajstić information content (AvgIpc) is 2.60. The topological polar surface area (TPSA) is 93.8 Å². The summed E-state index contributed by atoms with van der Waals surface area (Å²) in [5, 5.41) is 29.3. The van der Waals surface area contributed by atoms with Gasteiger partial charge in [-0.2, -0.15) is 5.26 Å². The summed E-state index contributed by atoms with van der Waals surface area (Å²) in [6.45, 7) is 1.29. The van der Waals surface area contributed by atoms with Crippen molar-refractivity contribution >= 4 is 5.91 Å². The third-order valence-electron chi connectivity index (χ3n) is 4.88. The SMILES string of the molecule is N#Cc1ccccc1C(=O)N1CCC2(CC1)OCC[C@H](O)[C@@H]2O. The van der Waals surface area contributed by atoms with Gasteiger partial charge in [-0.05, 0) is 31.4 Å². The zero-order chi connectivity index (χ0) is 16.4. The molecule has 2 N–H and O–H groups in total. The van der Waals surface area contributed by atoms with E-state index in [0.29, 0.717) is 50.1 Å². The zero-order valence-electron chi connectivity index (χ0n) is 12.8. The fourth-order valence-corrected chi connectivity index (χ4v) is 3.44. The standard InChI is InChI=1S/C17H20N2O4/c18-11-12-3-1-2-4-13(12)16(22)19-8-6-17(7-9-19)15(21)14(20)5-10-23-17/h1-4,14-15,20-21H,5-10H2/t14-,15-/m0/s1. The van der Waals surface area contributed by atoms with Crippen molar-refractivity contribution in [1.29, 1.82) is 5.26 Å². The quantitative estimate of drug-likeness (QED) is 0.794. The number of likely N-dealkylation sites (tertiary alicyclic amines) is 1. The van der Waals surface area contributed by atoms with Gasteiger partial charge in [-0.3, -0.25) is 4.79 Å². The summed E-state index contributed by atoms with van der Waals surface area (Å²) in [4.78, 5) is 14.3. The molecule has 2 fully saturated rings. The van der Waals surface area contributed by atoms with E-state index in [4.69, 9.17) is 10.00 Å². The number of nitrogens with zero attached hydrogens (tertiary/aromatic N) is 2. The van der Waals surface area contributed by atoms with Gasteiger partial charge >= 0.3 is 0 Å². The minimum absolute atomic E-state index is 0.178. The maximum Gasteiger partial charge on any atom is 0.255 e. The predicted molar refractivity (Wildman–Crippen MR) is 81.6 cm³/mol. The van der Waals surface area contributed by atoms with Gasteiger partial charge in [-0.1, -0.05) is 12.1 Å². The molecule has 1 aromatic carbocycles. The lowest BCUT2D eigenvalue weighted by molar-refractivity contribution is -0.212. The Morgan fingerprint density at radius 1 is 1.30 bits per heavy atom. The van der Waals surface area contributed by atoms with Crippen molar-refractivity contribution < 1.29 is 19.7 Å². The Labute approximate surface area is 134 Å². The van der Waals surface area contributed by atoms with Gasteiger partial charge in [0.2, 0.25) is 0 Å². The molecule has 2 atom stereocenters. The second-order valence-electron chi connectivity index (χ2n) is 6.16. The normalized spacial score (nSPS) is 26.7. The van der Waals surface area contributed by atoms with Crippen LogP contribution in [-0.4, -0.2) is 58.5 Å². The summed E-state index contributed by atoms with van der Waals surface area (Å²) in [6, 6.07) is 8.79. The molecule has 0 aromatic heterocycles. The zero-order valence-corrected chi connectivity index (χ0v) is 12.8. The number of carbonyl (C=O) groups excluding carboxylic acids is 1. The van der Waals surface area contributed by atoms with Crippen molar-refractivity contribution in [2.75, 3.05) is 19.7 Å². The second kappa shape index (κ2) is 6.28. The summed E-state index contributed by atoms with van der Waals surface area (Å²) < 4.78 is 5.77. The van der Waals surface area contributed by atoms with Gasteiger partial charge in [0.25, 0.3) is 5.91 Å². The van der Waals surface area contributed by atoms with Gasteiger partial charge in [-0.15, -0.1) is 0 Å². The lowest BCUT2D eigenvalue weighted by atomic mass is 9.80. The van der Waals surface area contributed by atoms with Gasteiger partial charge in [0.05, 0.1) is 35.5 Å². The molecule has 2 heterocycles. The van der Waals surface area contributed by atoms with Crippen LogP contribution in [0.5, 0.6) is 0 Å². The number of aliphatic hydroxyl groups is 2. The minimum atomic E-state index is -0.917. The highest BCUT2D eigenvalue weighted by Gasteiger charge is 2.48. The van der Waals surface area contributed by atoms with Crippen LogP contribution in [0.2, 0.25) is 0 Å². The van der Waals surface area contributed by atoms with Crippen LogP contribution in [-0.2, 0) is 4.74 Å². The number of rotatable bonds is 1. The highest BCUT2D eigenvalue weighted by molar-refractivity contribution is 5.96. The van der Waals surface area contributed by atoms with Crippen LogP contribution in [0, 0.1) is 11.3 Å². The van der Waals surface area contributed by atoms with Crippen LogP contribution in [0.15, 0.2) is 24.3 Å². The molecule has 122 valence electrons. The number of ether oxygens (including phenoxy) is 1. The number of hydrogen-bond acceptors (Lipinski definition) is 5. The molecule has 1 aromatic rings. The Hall–Kier alpha value is -1.94. The van der Waals surface area contributed by atoms with E-state index < -0.39 is 17.8 Å². The molecule has 0 bridgehead atoms. The lowest BCUT2D eigenvalue weighted by Crippen LogP contribution is -2.60. The van der Waals surface area contributed by atoms with Gasteiger partial charge in [0.15, 0.2) is 0 Å². The van der Waals surface area contributed by atoms with E-state index in [9.17, 15) is 15.0 Å². The van der Waals surface area contributed by atoms with E-state index in [1.807, 2.05) is 6.07 Å². The molecule has 2 aliphatic heterocycles. The first-order valence-electron chi connectivity index (χ1n) is 7.86. The lowest BCUT2D eigenvalue weighted by Gasteiger charge is -2.48. The molecule has 0 aliphatic carbocycles. The molecule has 1 spiro atoms. The van der Waals surface area contributed by atoms with Gasteiger partial charge in [-0.25, -0.2) is 0 Å². The molecule has 0 saturated carbocycles. The molecule has 3 rings (SSSR count). The van der Waals surface area contributed by atoms with Gasteiger partial charge < -0.3 is 19.8 Å². The predicted octanol–water partition coefficient (Wildman–Crippen LogP) is 0.675.